The molecule has 2 heterocycles. The molecule has 0 aromatic rings. The van der Waals surface area contributed by atoms with E-state index in [1.165, 1.54) is 51.4 Å². The summed E-state index contributed by atoms with van der Waals surface area (Å²) < 4.78 is 33.2. The van der Waals surface area contributed by atoms with Crippen LogP contribution in [0.25, 0.3) is 0 Å². The standard InChI is InChI=1S/C39H72O15/c1-3-5-7-9-11-12-13-14-15-16-18-20-22-31(42)52-27(24-49-30(41)21-19-17-10-8-6-4-2)25-50-38-37(48)35(46)33(44)29(54-38)26-51-39-36(47)34(45)32(43)28(23-40)53-39/h27-29,32-40,43-48H,3-26H2,1-2H3/t27-,28-,29-,32+,33+,34+,35+,36-,37-,38-,39+/m1/s1. The summed E-state index contributed by atoms with van der Waals surface area (Å²) in [5.41, 5.74) is 0. The zero-order chi connectivity index (χ0) is 39.7. The average molecular weight is 781 g/mol. The third-order valence-electron chi connectivity index (χ3n) is 10.1. The molecule has 2 fully saturated rings. The summed E-state index contributed by atoms with van der Waals surface area (Å²) in [5, 5.41) is 71.5. The number of aliphatic hydroxyl groups is 7. The van der Waals surface area contributed by atoms with Crippen molar-refractivity contribution in [2.45, 2.75) is 210 Å². The van der Waals surface area contributed by atoms with Gasteiger partial charge in [0.1, 0.15) is 55.4 Å². The molecule has 15 heteroatoms. The first-order valence-corrected chi connectivity index (χ1v) is 20.6. The van der Waals surface area contributed by atoms with Crippen LogP contribution in [0.2, 0.25) is 0 Å². The molecule has 2 rings (SSSR count). The third kappa shape index (κ3) is 18.6. The molecule has 2 aliphatic heterocycles. The van der Waals surface area contributed by atoms with Gasteiger partial charge in [0, 0.05) is 12.8 Å². The van der Waals surface area contributed by atoms with E-state index in [9.17, 15) is 45.3 Å². The van der Waals surface area contributed by atoms with E-state index in [-0.39, 0.29) is 26.1 Å². The molecule has 54 heavy (non-hydrogen) atoms. The summed E-state index contributed by atoms with van der Waals surface area (Å²) in [4.78, 5) is 25.3. The minimum absolute atomic E-state index is 0.171. The number of carbonyl (C=O) groups excluding carboxylic acids is 2. The van der Waals surface area contributed by atoms with Crippen molar-refractivity contribution in [3.63, 3.8) is 0 Å². The van der Waals surface area contributed by atoms with Crippen LogP contribution >= 0.6 is 0 Å². The molecule has 2 saturated heterocycles. The molecule has 15 nitrogen and oxygen atoms in total. The Balaban J connectivity index is 1.88. The maximum Gasteiger partial charge on any atom is 0.306 e. The number of unbranched alkanes of at least 4 members (excludes halogenated alkanes) is 16. The lowest BCUT2D eigenvalue weighted by Gasteiger charge is -2.42. The molecule has 7 N–H and O–H groups in total. The van der Waals surface area contributed by atoms with Crippen molar-refractivity contribution in [2.75, 3.05) is 26.4 Å². The van der Waals surface area contributed by atoms with E-state index in [4.69, 9.17) is 28.4 Å². The van der Waals surface area contributed by atoms with E-state index in [2.05, 4.69) is 13.8 Å². The lowest BCUT2D eigenvalue weighted by molar-refractivity contribution is -0.332. The van der Waals surface area contributed by atoms with Gasteiger partial charge < -0.3 is 64.2 Å². The zero-order valence-electron chi connectivity index (χ0n) is 32.7. The van der Waals surface area contributed by atoms with Gasteiger partial charge in [-0.3, -0.25) is 9.59 Å². The van der Waals surface area contributed by atoms with E-state index in [1.807, 2.05) is 0 Å². The molecule has 0 spiro atoms. The molecule has 0 radical (unpaired) electrons. The van der Waals surface area contributed by atoms with Crippen molar-refractivity contribution in [3.8, 4) is 0 Å². The van der Waals surface area contributed by atoms with Crippen LogP contribution in [0, 0.1) is 0 Å². The zero-order valence-corrected chi connectivity index (χ0v) is 32.7. The number of carbonyl (C=O) groups is 2. The van der Waals surface area contributed by atoms with Gasteiger partial charge in [0.05, 0.1) is 19.8 Å². The maximum absolute atomic E-state index is 12.8. The Morgan fingerprint density at radius 3 is 1.44 bits per heavy atom. The van der Waals surface area contributed by atoms with Crippen LogP contribution in [0.1, 0.15) is 142 Å². The van der Waals surface area contributed by atoms with Crippen molar-refractivity contribution >= 4 is 11.9 Å². The molecule has 11 atom stereocenters. The Morgan fingerprint density at radius 2 is 0.944 bits per heavy atom. The van der Waals surface area contributed by atoms with Crippen molar-refractivity contribution < 1.29 is 73.8 Å². The number of rotatable bonds is 30. The van der Waals surface area contributed by atoms with Gasteiger partial charge in [0.15, 0.2) is 18.7 Å². The van der Waals surface area contributed by atoms with Crippen molar-refractivity contribution in [2.24, 2.45) is 0 Å². The SMILES string of the molecule is CCCCCCCCCCCCCCC(=O)O[C@H](COC(=O)CCCCCCCC)CO[C@@H]1O[C@H](CO[C@H]2O[C@H](CO)[C@H](O)[C@H](O)[C@H]2O)[C@H](O)[C@H](O)[C@H]1O. The number of ether oxygens (including phenoxy) is 6. The molecule has 0 aromatic carbocycles. The van der Waals surface area contributed by atoms with Crippen LogP contribution in [-0.2, 0) is 38.0 Å². The second kappa shape index (κ2) is 28.8. The van der Waals surface area contributed by atoms with Gasteiger partial charge >= 0.3 is 11.9 Å². The molecule has 0 aliphatic carbocycles. The lowest BCUT2D eigenvalue weighted by atomic mass is 9.98. The van der Waals surface area contributed by atoms with Gasteiger partial charge in [-0.05, 0) is 12.8 Å². The van der Waals surface area contributed by atoms with Gasteiger partial charge in [-0.1, -0.05) is 117 Å². The fourth-order valence-electron chi connectivity index (χ4n) is 6.57. The maximum atomic E-state index is 12.8. The fourth-order valence-corrected chi connectivity index (χ4v) is 6.57. The molecular formula is C39H72O15. The summed E-state index contributed by atoms with van der Waals surface area (Å²) in [6.07, 6.45) is 3.41. The van der Waals surface area contributed by atoms with E-state index in [0.717, 1.165) is 51.4 Å². The van der Waals surface area contributed by atoms with Crippen molar-refractivity contribution in [3.05, 3.63) is 0 Å². The molecule has 0 unspecified atom stereocenters. The number of hydrogen-bond acceptors (Lipinski definition) is 15. The van der Waals surface area contributed by atoms with Crippen LogP contribution in [0.4, 0.5) is 0 Å². The summed E-state index contributed by atoms with van der Waals surface area (Å²) in [6, 6.07) is 0. The predicted molar refractivity (Wildman–Crippen MR) is 197 cm³/mol. The molecule has 0 aromatic heterocycles. The molecule has 0 bridgehead atoms. The molecular weight excluding hydrogens is 708 g/mol. The van der Waals surface area contributed by atoms with Crippen LogP contribution in [0.15, 0.2) is 0 Å². The van der Waals surface area contributed by atoms with E-state index in [0.29, 0.717) is 12.8 Å². The Labute approximate surface area is 321 Å². The van der Waals surface area contributed by atoms with Gasteiger partial charge in [-0.2, -0.15) is 0 Å². The Bertz CT molecular complexity index is 970. The lowest BCUT2D eigenvalue weighted by Crippen LogP contribution is -2.61. The van der Waals surface area contributed by atoms with Crippen LogP contribution < -0.4 is 0 Å². The summed E-state index contributed by atoms with van der Waals surface area (Å²) >= 11 is 0. The molecule has 2 aliphatic rings. The highest BCUT2D eigenvalue weighted by atomic mass is 16.7. The highest BCUT2D eigenvalue weighted by molar-refractivity contribution is 5.70. The topological polar surface area (TPSA) is 231 Å². The first kappa shape index (κ1) is 48.6. The Kier molecular flexibility index (Phi) is 26.0. The monoisotopic (exact) mass is 780 g/mol. The minimum Gasteiger partial charge on any atom is -0.462 e. The Hall–Kier alpha value is -1.50. The smallest absolute Gasteiger partial charge is 0.306 e. The van der Waals surface area contributed by atoms with Gasteiger partial charge in [-0.15, -0.1) is 0 Å². The number of esters is 2. The Morgan fingerprint density at radius 1 is 0.519 bits per heavy atom. The summed E-state index contributed by atoms with van der Waals surface area (Å²) in [7, 11) is 0. The first-order chi connectivity index (χ1) is 26.0. The quantitative estimate of drug-likeness (QED) is 0.0411. The van der Waals surface area contributed by atoms with Crippen molar-refractivity contribution in [1.82, 2.24) is 0 Å². The average Bonchev–Trinajstić information content (AvgIpc) is 3.16. The molecule has 0 saturated carbocycles. The van der Waals surface area contributed by atoms with Crippen LogP contribution in [0.3, 0.4) is 0 Å². The second-order valence-corrected chi connectivity index (χ2v) is 14.8. The van der Waals surface area contributed by atoms with E-state index in [1.54, 1.807) is 0 Å². The summed E-state index contributed by atoms with van der Waals surface area (Å²) in [6.45, 7) is 2.48. The largest absolute Gasteiger partial charge is 0.462 e. The van der Waals surface area contributed by atoms with Gasteiger partial charge in [0.2, 0.25) is 0 Å². The highest BCUT2D eigenvalue weighted by Crippen LogP contribution is 2.26. The van der Waals surface area contributed by atoms with Gasteiger partial charge in [0.25, 0.3) is 0 Å². The van der Waals surface area contributed by atoms with Crippen LogP contribution in [-0.4, -0.2) is 142 Å². The van der Waals surface area contributed by atoms with E-state index >= 15 is 0 Å². The number of aliphatic hydroxyl groups excluding tert-OH is 7. The third-order valence-corrected chi connectivity index (χ3v) is 10.1. The number of hydrogen-bond donors (Lipinski definition) is 7. The second-order valence-electron chi connectivity index (χ2n) is 14.8. The van der Waals surface area contributed by atoms with E-state index < -0.39 is 92.7 Å². The molecule has 318 valence electrons. The van der Waals surface area contributed by atoms with Crippen LogP contribution in [0.5, 0.6) is 0 Å². The first-order valence-electron chi connectivity index (χ1n) is 20.6. The van der Waals surface area contributed by atoms with Gasteiger partial charge in [-0.25, -0.2) is 0 Å². The fraction of sp³-hybridized carbons (Fsp3) is 0.949. The minimum atomic E-state index is -1.76. The normalized spacial score (nSPS) is 29.2. The predicted octanol–water partition coefficient (Wildman–Crippen LogP) is 2.92. The van der Waals surface area contributed by atoms with Crippen molar-refractivity contribution in [1.29, 1.82) is 0 Å². The summed E-state index contributed by atoms with van der Waals surface area (Å²) in [5.74, 6) is -0.931. The molecule has 0 amide bonds. The highest BCUT2D eigenvalue weighted by Gasteiger charge is 2.47.